The van der Waals surface area contributed by atoms with E-state index in [2.05, 4.69) is 35.7 Å². The Bertz CT molecular complexity index is 755. The average Bonchev–Trinajstić information content (AvgIpc) is 2.47. The van der Waals surface area contributed by atoms with Gasteiger partial charge in [-0.3, -0.25) is 5.41 Å². The SMILES string of the molecule is CN(C)CCn1c2ccccc2c(=N)c2ccccc21. The molecule has 2 aromatic carbocycles. The molecule has 3 rings (SSSR count). The summed E-state index contributed by atoms with van der Waals surface area (Å²) >= 11 is 0. The Balaban J connectivity index is 2.37. The first-order valence-corrected chi connectivity index (χ1v) is 6.88. The number of nitrogens with zero attached hydrogens (tertiary/aromatic N) is 2. The summed E-state index contributed by atoms with van der Waals surface area (Å²) in [5.41, 5.74) is 2.27. The van der Waals surface area contributed by atoms with Gasteiger partial charge in [0.1, 0.15) is 0 Å². The Kier molecular flexibility index (Phi) is 3.28. The molecule has 0 fully saturated rings. The van der Waals surface area contributed by atoms with Gasteiger partial charge in [-0.25, -0.2) is 0 Å². The molecule has 0 spiro atoms. The average molecular weight is 265 g/mol. The first kappa shape index (κ1) is 12.9. The zero-order valence-corrected chi connectivity index (χ0v) is 11.9. The summed E-state index contributed by atoms with van der Waals surface area (Å²) < 4.78 is 2.32. The van der Waals surface area contributed by atoms with Crippen LogP contribution in [-0.4, -0.2) is 30.1 Å². The maximum absolute atomic E-state index is 8.42. The highest BCUT2D eigenvalue weighted by Crippen LogP contribution is 2.18. The van der Waals surface area contributed by atoms with Crippen LogP contribution in [0.5, 0.6) is 0 Å². The van der Waals surface area contributed by atoms with Gasteiger partial charge in [0.25, 0.3) is 0 Å². The molecule has 0 saturated carbocycles. The van der Waals surface area contributed by atoms with E-state index in [4.69, 9.17) is 5.41 Å². The monoisotopic (exact) mass is 265 g/mol. The third kappa shape index (κ3) is 2.10. The van der Waals surface area contributed by atoms with Crippen LogP contribution < -0.4 is 5.36 Å². The second kappa shape index (κ2) is 5.10. The van der Waals surface area contributed by atoms with Crippen LogP contribution in [0.2, 0.25) is 0 Å². The number of likely N-dealkylation sites (N-methyl/N-ethyl adjacent to an activating group) is 1. The van der Waals surface area contributed by atoms with E-state index in [1.165, 1.54) is 0 Å². The van der Waals surface area contributed by atoms with Crippen LogP contribution in [0.1, 0.15) is 0 Å². The van der Waals surface area contributed by atoms with Crippen LogP contribution in [0, 0.1) is 5.41 Å². The van der Waals surface area contributed by atoms with E-state index >= 15 is 0 Å². The van der Waals surface area contributed by atoms with Gasteiger partial charge in [0.05, 0.1) is 16.4 Å². The highest BCUT2D eigenvalue weighted by atomic mass is 15.1. The van der Waals surface area contributed by atoms with E-state index < -0.39 is 0 Å². The number of pyridine rings is 1. The molecule has 1 N–H and O–H groups in total. The van der Waals surface area contributed by atoms with Crippen molar-refractivity contribution < 1.29 is 0 Å². The quantitative estimate of drug-likeness (QED) is 0.726. The maximum Gasteiger partial charge on any atom is 0.0726 e. The third-order valence-electron chi connectivity index (χ3n) is 3.70. The van der Waals surface area contributed by atoms with E-state index in [9.17, 15) is 0 Å². The van der Waals surface area contributed by atoms with Gasteiger partial charge in [0.15, 0.2) is 0 Å². The second-order valence-electron chi connectivity index (χ2n) is 5.36. The van der Waals surface area contributed by atoms with Crippen LogP contribution in [0.25, 0.3) is 21.8 Å². The minimum atomic E-state index is 0.623. The Hall–Kier alpha value is -2.13. The van der Waals surface area contributed by atoms with Crippen LogP contribution in [-0.2, 0) is 6.54 Å². The van der Waals surface area contributed by atoms with Gasteiger partial charge in [-0.2, -0.15) is 0 Å². The van der Waals surface area contributed by atoms with Gasteiger partial charge in [0.2, 0.25) is 0 Å². The maximum atomic E-state index is 8.42. The molecule has 3 nitrogen and oxygen atoms in total. The molecule has 0 radical (unpaired) electrons. The zero-order valence-electron chi connectivity index (χ0n) is 11.9. The summed E-state index contributed by atoms with van der Waals surface area (Å²) in [5.74, 6) is 0. The summed E-state index contributed by atoms with van der Waals surface area (Å²) in [4.78, 5) is 2.19. The van der Waals surface area contributed by atoms with E-state index in [0.717, 1.165) is 34.9 Å². The predicted molar refractivity (Wildman–Crippen MR) is 83.9 cm³/mol. The van der Waals surface area contributed by atoms with Crippen molar-refractivity contribution in [1.29, 1.82) is 5.41 Å². The number of hydrogen-bond acceptors (Lipinski definition) is 2. The number of benzene rings is 2. The number of hydrogen-bond donors (Lipinski definition) is 1. The van der Waals surface area contributed by atoms with Gasteiger partial charge in [0, 0.05) is 23.9 Å². The number of rotatable bonds is 3. The van der Waals surface area contributed by atoms with Crippen molar-refractivity contribution in [2.45, 2.75) is 6.54 Å². The standard InChI is InChI=1S/C17H19N3/c1-19(2)11-12-20-15-9-5-3-7-13(15)17(18)14-8-4-6-10-16(14)20/h3-10,18H,11-12H2,1-2H3. The number of fused-ring (bicyclic) bond motifs is 2. The van der Waals surface area contributed by atoms with Crippen molar-refractivity contribution in [2.75, 3.05) is 20.6 Å². The van der Waals surface area contributed by atoms with Crippen LogP contribution in [0.15, 0.2) is 48.5 Å². The minimum Gasteiger partial charge on any atom is -0.339 e. The van der Waals surface area contributed by atoms with Crippen LogP contribution >= 0.6 is 0 Å². The molecule has 0 bridgehead atoms. The number of para-hydroxylation sites is 2. The largest absolute Gasteiger partial charge is 0.339 e. The summed E-state index contributed by atoms with van der Waals surface area (Å²) in [6.07, 6.45) is 0. The van der Waals surface area contributed by atoms with Gasteiger partial charge in [-0.1, -0.05) is 36.4 Å². The summed E-state index contributed by atoms with van der Waals surface area (Å²) in [5, 5.41) is 11.1. The Morgan fingerprint density at radius 2 is 1.40 bits per heavy atom. The van der Waals surface area contributed by atoms with Crippen molar-refractivity contribution >= 4 is 21.8 Å². The van der Waals surface area contributed by atoms with Crippen molar-refractivity contribution in [2.24, 2.45) is 0 Å². The number of aromatic nitrogens is 1. The fourth-order valence-electron chi connectivity index (χ4n) is 2.66. The smallest absolute Gasteiger partial charge is 0.0726 e. The van der Waals surface area contributed by atoms with Crippen molar-refractivity contribution in [1.82, 2.24) is 9.47 Å². The van der Waals surface area contributed by atoms with Crippen molar-refractivity contribution in [3.63, 3.8) is 0 Å². The minimum absolute atomic E-state index is 0.623. The third-order valence-corrected chi connectivity index (χ3v) is 3.70. The van der Waals surface area contributed by atoms with E-state index in [1.54, 1.807) is 0 Å². The molecule has 1 heterocycles. The highest BCUT2D eigenvalue weighted by Gasteiger charge is 2.07. The van der Waals surface area contributed by atoms with Gasteiger partial charge in [-0.15, -0.1) is 0 Å². The molecular formula is C17H19N3. The van der Waals surface area contributed by atoms with Gasteiger partial charge < -0.3 is 9.47 Å². The zero-order chi connectivity index (χ0) is 14.1. The molecular weight excluding hydrogens is 246 g/mol. The lowest BCUT2D eigenvalue weighted by molar-refractivity contribution is 0.389. The Morgan fingerprint density at radius 3 is 1.90 bits per heavy atom. The topological polar surface area (TPSA) is 32.0 Å². The van der Waals surface area contributed by atoms with Gasteiger partial charge >= 0.3 is 0 Å². The molecule has 0 aliphatic rings. The first-order valence-electron chi connectivity index (χ1n) is 6.88. The fourth-order valence-corrected chi connectivity index (χ4v) is 2.66. The second-order valence-corrected chi connectivity index (χ2v) is 5.36. The molecule has 0 amide bonds. The van der Waals surface area contributed by atoms with E-state index in [-0.39, 0.29) is 0 Å². The normalized spacial score (nSPS) is 11.6. The lowest BCUT2D eigenvalue weighted by atomic mass is 10.1. The Labute approximate surface area is 118 Å². The van der Waals surface area contributed by atoms with Crippen LogP contribution in [0.3, 0.4) is 0 Å². The van der Waals surface area contributed by atoms with Crippen LogP contribution in [0.4, 0.5) is 0 Å². The molecule has 3 heteroatoms. The fraction of sp³-hybridized carbons (Fsp3) is 0.235. The molecule has 102 valence electrons. The molecule has 0 atom stereocenters. The number of nitrogens with one attached hydrogen (secondary N) is 1. The molecule has 0 aliphatic heterocycles. The van der Waals surface area contributed by atoms with Crippen molar-refractivity contribution in [3.05, 3.63) is 53.9 Å². The Morgan fingerprint density at radius 1 is 0.900 bits per heavy atom. The van der Waals surface area contributed by atoms with Gasteiger partial charge in [-0.05, 0) is 26.2 Å². The molecule has 0 aliphatic carbocycles. The molecule has 0 unspecified atom stereocenters. The first-order chi connectivity index (χ1) is 9.68. The predicted octanol–water partition coefficient (Wildman–Crippen LogP) is 2.84. The summed E-state index contributed by atoms with van der Waals surface area (Å²) in [7, 11) is 4.17. The molecule has 1 aromatic heterocycles. The van der Waals surface area contributed by atoms with E-state index in [0.29, 0.717) is 5.36 Å². The summed E-state index contributed by atoms with van der Waals surface area (Å²) in [6, 6.07) is 16.4. The molecule has 20 heavy (non-hydrogen) atoms. The highest BCUT2D eigenvalue weighted by molar-refractivity contribution is 5.92. The van der Waals surface area contributed by atoms with Crippen molar-refractivity contribution in [3.8, 4) is 0 Å². The lowest BCUT2D eigenvalue weighted by Crippen LogP contribution is -2.20. The lowest BCUT2D eigenvalue weighted by Gasteiger charge is -2.18. The van der Waals surface area contributed by atoms with E-state index in [1.807, 2.05) is 36.4 Å². The summed E-state index contributed by atoms with van der Waals surface area (Å²) in [6.45, 7) is 1.91. The molecule has 0 saturated heterocycles. The molecule has 3 aromatic rings.